The van der Waals surface area contributed by atoms with Crippen molar-refractivity contribution in [2.75, 3.05) is 10.6 Å². The smallest absolute Gasteiger partial charge is 0.225 e. The largest absolute Gasteiger partial charge is 0.310 e. The zero-order valence-electron chi connectivity index (χ0n) is 8.39. The molecule has 0 aliphatic rings. The Hall–Kier alpha value is -0.420. The van der Waals surface area contributed by atoms with E-state index in [2.05, 4.69) is 42.2 Å². The lowest BCUT2D eigenvalue weighted by Gasteiger charge is -2.06. The van der Waals surface area contributed by atoms with Crippen LogP contribution in [0.15, 0.2) is 16.7 Å². The maximum atomic E-state index is 11.4. The summed E-state index contributed by atoms with van der Waals surface area (Å²) in [7, 11) is 0. The standard InChI is InChI=1S/C10H12Br2N2O/c1-7-4-5-8(12)13-10(7)14-9(15)3-2-6-11/h4-5H,2-3,6H2,1H3,(H,13,14,15). The number of alkyl halides is 1. The van der Waals surface area contributed by atoms with Gasteiger partial charge in [0.15, 0.2) is 0 Å². The van der Waals surface area contributed by atoms with Gasteiger partial charge in [-0.1, -0.05) is 22.0 Å². The summed E-state index contributed by atoms with van der Waals surface area (Å²) in [5.41, 5.74) is 0.963. The molecule has 0 aliphatic heterocycles. The first kappa shape index (κ1) is 12.6. The lowest BCUT2D eigenvalue weighted by Crippen LogP contribution is -2.13. The Morgan fingerprint density at radius 2 is 2.27 bits per heavy atom. The van der Waals surface area contributed by atoms with Crippen LogP contribution in [0.25, 0.3) is 0 Å². The number of amides is 1. The molecular formula is C10H12Br2N2O. The van der Waals surface area contributed by atoms with Gasteiger partial charge in [-0.3, -0.25) is 4.79 Å². The number of pyridine rings is 1. The molecule has 0 aliphatic carbocycles. The van der Waals surface area contributed by atoms with Gasteiger partial charge in [0.05, 0.1) is 0 Å². The molecule has 1 aromatic rings. The highest BCUT2D eigenvalue weighted by Gasteiger charge is 2.05. The van der Waals surface area contributed by atoms with Crippen molar-refractivity contribution < 1.29 is 4.79 Å². The van der Waals surface area contributed by atoms with Gasteiger partial charge in [-0.05, 0) is 40.9 Å². The molecule has 1 heterocycles. The van der Waals surface area contributed by atoms with Gasteiger partial charge in [0.2, 0.25) is 5.91 Å². The number of nitrogens with zero attached hydrogens (tertiary/aromatic N) is 1. The van der Waals surface area contributed by atoms with E-state index in [4.69, 9.17) is 0 Å². The quantitative estimate of drug-likeness (QED) is 0.677. The fourth-order valence-electron chi connectivity index (χ4n) is 1.05. The van der Waals surface area contributed by atoms with Crippen molar-refractivity contribution in [2.24, 2.45) is 0 Å². The second-order valence-corrected chi connectivity index (χ2v) is 4.75. The molecule has 0 atom stereocenters. The average Bonchev–Trinajstić information content (AvgIpc) is 2.20. The lowest BCUT2D eigenvalue weighted by atomic mass is 10.2. The maximum Gasteiger partial charge on any atom is 0.225 e. The summed E-state index contributed by atoms with van der Waals surface area (Å²) >= 11 is 6.56. The molecule has 0 saturated heterocycles. The number of hydrogen-bond acceptors (Lipinski definition) is 2. The van der Waals surface area contributed by atoms with Crippen LogP contribution in [0.5, 0.6) is 0 Å². The number of nitrogens with one attached hydrogen (secondary N) is 1. The van der Waals surface area contributed by atoms with Crippen LogP contribution < -0.4 is 5.32 Å². The Kier molecular flexibility index (Phi) is 5.25. The molecule has 82 valence electrons. The van der Waals surface area contributed by atoms with Gasteiger partial charge in [-0.2, -0.15) is 0 Å². The highest BCUT2D eigenvalue weighted by Crippen LogP contribution is 2.16. The summed E-state index contributed by atoms with van der Waals surface area (Å²) in [5, 5.41) is 3.62. The van der Waals surface area contributed by atoms with Crippen LogP contribution in [0, 0.1) is 6.92 Å². The topological polar surface area (TPSA) is 42.0 Å². The molecule has 1 rings (SSSR count). The Morgan fingerprint density at radius 3 is 2.93 bits per heavy atom. The van der Waals surface area contributed by atoms with Gasteiger partial charge >= 0.3 is 0 Å². The lowest BCUT2D eigenvalue weighted by molar-refractivity contribution is -0.116. The number of hydrogen-bond donors (Lipinski definition) is 1. The summed E-state index contributed by atoms with van der Waals surface area (Å²) in [5.74, 6) is 0.632. The SMILES string of the molecule is Cc1ccc(Br)nc1NC(=O)CCCBr. The van der Waals surface area contributed by atoms with E-state index in [0.29, 0.717) is 12.2 Å². The first-order valence-corrected chi connectivity index (χ1v) is 6.54. The molecule has 0 saturated carbocycles. The summed E-state index contributed by atoms with van der Waals surface area (Å²) < 4.78 is 0.726. The highest BCUT2D eigenvalue weighted by molar-refractivity contribution is 9.10. The van der Waals surface area contributed by atoms with Crippen LogP contribution in [-0.2, 0) is 4.79 Å². The molecule has 0 aromatic carbocycles. The Bertz CT molecular complexity index is 355. The molecule has 0 bridgehead atoms. The molecular weight excluding hydrogens is 324 g/mol. The summed E-state index contributed by atoms with van der Waals surface area (Å²) in [6.45, 7) is 1.92. The minimum atomic E-state index is 0.00292. The average molecular weight is 336 g/mol. The van der Waals surface area contributed by atoms with Crippen molar-refractivity contribution in [1.82, 2.24) is 4.98 Å². The third-order valence-electron chi connectivity index (χ3n) is 1.86. The van der Waals surface area contributed by atoms with E-state index in [9.17, 15) is 4.79 Å². The number of halogens is 2. The molecule has 1 aromatic heterocycles. The van der Waals surface area contributed by atoms with Crippen molar-refractivity contribution in [2.45, 2.75) is 19.8 Å². The Labute approximate surface area is 106 Å². The van der Waals surface area contributed by atoms with E-state index >= 15 is 0 Å². The third kappa shape index (κ3) is 4.30. The monoisotopic (exact) mass is 334 g/mol. The van der Waals surface area contributed by atoms with Gasteiger partial charge in [-0.25, -0.2) is 4.98 Å². The number of anilines is 1. The molecule has 0 fully saturated rings. The Morgan fingerprint density at radius 1 is 1.53 bits per heavy atom. The molecule has 3 nitrogen and oxygen atoms in total. The Balaban J connectivity index is 2.63. The van der Waals surface area contributed by atoms with E-state index in [0.717, 1.165) is 21.9 Å². The molecule has 5 heteroatoms. The summed E-state index contributed by atoms with van der Waals surface area (Å²) in [6.07, 6.45) is 1.35. The van der Waals surface area contributed by atoms with E-state index in [1.807, 2.05) is 19.1 Å². The van der Waals surface area contributed by atoms with Gasteiger partial charge in [-0.15, -0.1) is 0 Å². The normalized spacial score (nSPS) is 10.1. The fraction of sp³-hybridized carbons (Fsp3) is 0.400. The van der Waals surface area contributed by atoms with Crippen molar-refractivity contribution in [3.63, 3.8) is 0 Å². The number of carbonyl (C=O) groups excluding carboxylic acids is 1. The van der Waals surface area contributed by atoms with Crippen molar-refractivity contribution in [1.29, 1.82) is 0 Å². The first-order chi connectivity index (χ1) is 7.13. The van der Waals surface area contributed by atoms with Crippen LogP contribution in [0.1, 0.15) is 18.4 Å². The molecule has 1 N–H and O–H groups in total. The maximum absolute atomic E-state index is 11.4. The highest BCUT2D eigenvalue weighted by atomic mass is 79.9. The first-order valence-electron chi connectivity index (χ1n) is 4.62. The number of aromatic nitrogens is 1. The second-order valence-electron chi connectivity index (χ2n) is 3.14. The minimum Gasteiger partial charge on any atom is -0.310 e. The van der Waals surface area contributed by atoms with Crippen LogP contribution in [0.4, 0.5) is 5.82 Å². The molecule has 0 spiro atoms. The predicted octanol–water partition coefficient (Wildman–Crippen LogP) is 3.27. The van der Waals surface area contributed by atoms with Crippen molar-refractivity contribution >= 4 is 43.6 Å². The van der Waals surface area contributed by atoms with Gasteiger partial charge in [0.1, 0.15) is 10.4 Å². The molecule has 0 unspecified atom stereocenters. The zero-order valence-corrected chi connectivity index (χ0v) is 11.6. The number of rotatable bonds is 4. The molecule has 0 radical (unpaired) electrons. The van der Waals surface area contributed by atoms with Crippen molar-refractivity contribution in [3.05, 3.63) is 22.3 Å². The second kappa shape index (κ2) is 6.23. The van der Waals surface area contributed by atoms with Crippen LogP contribution in [0.3, 0.4) is 0 Å². The predicted molar refractivity (Wildman–Crippen MR) is 68.3 cm³/mol. The van der Waals surface area contributed by atoms with Crippen molar-refractivity contribution in [3.8, 4) is 0 Å². The zero-order chi connectivity index (χ0) is 11.3. The van der Waals surface area contributed by atoms with Gasteiger partial charge < -0.3 is 5.32 Å². The fourth-order valence-corrected chi connectivity index (χ4v) is 1.64. The third-order valence-corrected chi connectivity index (χ3v) is 2.86. The number of carbonyl (C=O) groups is 1. The van der Waals surface area contributed by atoms with E-state index < -0.39 is 0 Å². The summed E-state index contributed by atoms with van der Waals surface area (Å²) in [6, 6.07) is 3.76. The van der Waals surface area contributed by atoms with Crippen LogP contribution >= 0.6 is 31.9 Å². The van der Waals surface area contributed by atoms with Gasteiger partial charge in [0.25, 0.3) is 0 Å². The van der Waals surface area contributed by atoms with Crippen LogP contribution in [-0.4, -0.2) is 16.2 Å². The van der Waals surface area contributed by atoms with E-state index in [-0.39, 0.29) is 5.91 Å². The van der Waals surface area contributed by atoms with Gasteiger partial charge in [0, 0.05) is 11.8 Å². The minimum absolute atomic E-state index is 0.00292. The van der Waals surface area contributed by atoms with E-state index in [1.165, 1.54) is 0 Å². The molecule has 15 heavy (non-hydrogen) atoms. The van der Waals surface area contributed by atoms with E-state index in [1.54, 1.807) is 0 Å². The summed E-state index contributed by atoms with van der Waals surface area (Å²) in [4.78, 5) is 15.6. The number of aryl methyl sites for hydroxylation is 1. The van der Waals surface area contributed by atoms with Crippen LogP contribution in [0.2, 0.25) is 0 Å². The molecule has 1 amide bonds.